The summed E-state index contributed by atoms with van der Waals surface area (Å²) in [4.78, 5) is 17.0. The van der Waals surface area contributed by atoms with Gasteiger partial charge in [-0.3, -0.25) is 4.52 Å². The first kappa shape index (κ1) is 17.5. The zero-order valence-electron chi connectivity index (χ0n) is 9.27. The largest absolute Gasteiger partial charge is 0.469 e. The molecule has 0 aliphatic carbocycles. The fraction of sp³-hybridized carbons (Fsp3) is 1.00. The minimum Gasteiger partial charge on any atom is -0.303 e. The van der Waals surface area contributed by atoms with Gasteiger partial charge < -0.3 is 9.79 Å². The molecule has 0 spiro atoms. The molecule has 0 saturated heterocycles. The van der Waals surface area contributed by atoms with Crippen molar-refractivity contribution in [2.24, 2.45) is 5.92 Å². The van der Waals surface area contributed by atoms with Crippen LogP contribution in [0.5, 0.6) is 0 Å². The van der Waals surface area contributed by atoms with Crippen LogP contribution in [0.2, 0.25) is 0 Å². The molecule has 0 rings (SSSR count). The summed E-state index contributed by atoms with van der Waals surface area (Å²) in [5.41, 5.74) is 0. The Labute approximate surface area is 108 Å². The molecule has 4 nitrogen and oxygen atoms in total. The third-order valence-corrected chi connectivity index (χ3v) is 2.51. The van der Waals surface area contributed by atoms with E-state index in [1.54, 1.807) is 0 Å². The van der Waals surface area contributed by atoms with E-state index in [1.807, 2.05) is 6.92 Å². The van der Waals surface area contributed by atoms with Crippen LogP contribution in [0.1, 0.15) is 39.5 Å². The van der Waals surface area contributed by atoms with Crippen LogP contribution in [0, 0.1) is 5.92 Å². The molecule has 0 fully saturated rings. The smallest absolute Gasteiger partial charge is 0.303 e. The van der Waals surface area contributed by atoms with E-state index in [9.17, 15) is 4.57 Å². The van der Waals surface area contributed by atoms with Crippen molar-refractivity contribution in [1.29, 1.82) is 0 Å². The molecule has 0 aromatic carbocycles. The average Bonchev–Trinajstić information content (AvgIpc) is 2.03. The monoisotopic (exact) mass is 233 g/mol. The number of hydrogen-bond donors (Lipinski definition) is 2. The number of unbranched alkanes of at least 4 members (excludes halogenated alkanes) is 1. The Morgan fingerprint density at radius 1 is 1.36 bits per heavy atom. The molecular weight excluding hydrogens is 214 g/mol. The predicted molar refractivity (Wildman–Crippen MR) is 57.1 cm³/mol. The summed E-state index contributed by atoms with van der Waals surface area (Å²) in [5, 5.41) is 0. The number of rotatable bonds is 7. The zero-order valence-corrected chi connectivity index (χ0v) is 12.2. The van der Waals surface area contributed by atoms with E-state index in [-0.39, 0.29) is 42.1 Å². The molecule has 2 N–H and O–H groups in total. The molecule has 1 unspecified atom stereocenters. The van der Waals surface area contributed by atoms with Crippen molar-refractivity contribution in [3.05, 3.63) is 0 Å². The van der Waals surface area contributed by atoms with Crippen molar-refractivity contribution in [3.63, 3.8) is 0 Å². The first-order valence-electron chi connectivity index (χ1n) is 4.69. The minimum atomic E-state index is -4.26. The van der Waals surface area contributed by atoms with Crippen LogP contribution in [-0.4, -0.2) is 46.0 Å². The molecule has 0 saturated carbocycles. The van der Waals surface area contributed by atoms with Crippen molar-refractivity contribution >= 4 is 37.4 Å². The third kappa shape index (κ3) is 11.2. The van der Waals surface area contributed by atoms with Crippen molar-refractivity contribution in [1.82, 2.24) is 0 Å². The van der Waals surface area contributed by atoms with E-state index in [2.05, 4.69) is 11.4 Å². The molecule has 14 heavy (non-hydrogen) atoms. The van der Waals surface area contributed by atoms with E-state index >= 15 is 0 Å². The number of phosphoric ester groups is 1. The Hall–Kier alpha value is 1.11. The fourth-order valence-electron chi connectivity index (χ4n) is 1.10. The first-order chi connectivity index (χ1) is 5.99. The summed E-state index contributed by atoms with van der Waals surface area (Å²) in [6.07, 6.45) is 4.07. The van der Waals surface area contributed by atoms with Crippen LogP contribution in [0.3, 0.4) is 0 Å². The van der Waals surface area contributed by atoms with Gasteiger partial charge in [-0.1, -0.05) is 33.1 Å². The summed E-state index contributed by atoms with van der Waals surface area (Å²) >= 11 is 0. The molecule has 0 amide bonds. The fourth-order valence-corrected chi connectivity index (χ4v) is 1.51. The summed E-state index contributed by atoms with van der Waals surface area (Å²) in [6.45, 7) is 4.26. The standard InChI is InChI=1S/C8H19O4P.Na/c1-3-5-6-8(4-2)7-12-13(9,10)11;/h8H,3-7H2,1-2H3,(H2,9,10,11);. The van der Waals surface area contributed by atoms with Crippen LogP contribution < -0.4 is 0 Å². The van der Waals surface area contributed by atoms with Gasteiger partial charge in [0.1, 0.15) is 0 Å². The average molecular weight is 233 g/mol. The number of phosphoric acid groups is 1. The molecule has 0 aromatic heterocycles. The third-order valence-electron chi connectivity index (χ3n) is 2.02. The maximum atomic E-state index is 10.4. The number of hydrogen-bond acceptors (Lipinski definition) is 2. The van der Waals surface area contributed by atoms with E-state index in [4.69, 9.17) is 9.79 Å². The van der Waals surface area contributed by atoms with Crippen LogP contribution >= 0.6 is 7.82 Å². The van der Waals surface area contributed by atoms with Gasteiger partial charge in [0, 0.05) is 29.6 Å². The Kier molecular flexibility index (Phi) is 11.7. The van der Waals surface area contributed by atoms with Gasteiger partial charge in [-0.15, -0.1) is 0 Å². The minimum absolute atomic E-state index is 0. The van der Waals surface area contributed by atoms with Gasteiger partial charge in [0.2, 0.25) is 0 Å². The van der Waals surface area contributed by atoms with Crippen molar-refractivity contribution < 1.29 is 18.9 Å². The van der Waals surface area contributed by atoms with Gasteiger partial charge in [-0.05, 0) is 12.3 Å². The Morgan fingerprint density at radius 2 is 1.93 bits per heavy atom. The van der Waals surface area contributed by atoms with Gasteiger partial charge in [0.25, 0.3) is 0 Å². The second-order valence-electron chi connectivity index (χ2n) is 3.20. The molecule has 1 atom stereocenters. The molecule has 6 heteroatoms. The maximum absolute atomic E-state index is 10.4. The molecule has 1 radical (unpaired) electrons. The Morgan fingerprint density at radius 3 is 2.29 bits per heavy atom. The van der Waals surface area contributed by atoms with Crippen LogP contribution in [0.4, 0.5) is 0 Å². The van der Waals surface area contributed by atoms with Gasteiger partial charge in [-0.2, -0.15) is 0 Å². The summed E-state index contributed by atoms with van der Waals surface area (Å²) in [6, 6.07) is 0. The van der Waals surface area contributed by atoms with Crippen LogP contribution in [-0.2, 0) is 9.09 Å². The topological polar surface area (TPSA) is 66.8 Å². The van der Waals surface area contributed by atoms with Crippen molar-refractivity contribution in [2.45, 2.75) is 39.5 Å². The maximum Gasteiger partial charge on any atom is 0.469 e. The predicted octanol–water partition coefficient (Wildman–Crippen LogP) is 1.93. The van der Waals surface area contributed by atoms with Gasteiger partial charge >= 0.3 is 7.82 Å². The van der Waals surface area contributed by atoms with Gasteiger partial charge in [-0.25, -0.2) is 4.57 Å². The quantitative estimate of drug-likeness (QED) is 0.521. The van der Waals surface area contributed by atoms with Crippen LogP contribution in [0.15, 0.2) is 0 Å². The Balaban J connectivity index is 0. The second kappa shape index (κ2) is 9.34. The first-order valence-corrected chi connectivity index (χ1v) is 6.22. The molecule has 0 aliphatic heterocycles. The van der Waals surface area contributed by atoms with E-state index in [1.165, 1.54) is 0 Å². The van der Waals surface area contributed by atoms with Crippen molar-refractivity contribution in [3.8, 4) is 0 Å². The normalized spacial score (nSPS) is 13.4. The zero-order chi connectivity index (χ0) is 10.3. The molecule has 0 heterocycles. The molecule has 0 aromatic rings. The Bertz CT molecular complexity index is 171. The molecule has 0 bridgehead atoms. The van der Waals surface area contributed by atoms with Gasteiger partial charge in [0.05, 0.1) is 6.61 Å². The van der Waals surface area contributed by atoms with Crippen molar-refractivity contribution in [2.75, 3.05) is 6.61 Å². The molecule has 81 valence electrons. The molecular formula is C8H19NaO4P. The SMILES string of the molecule is CCCCC(CC)COP(=O)(O)O.[Na]. The van der Waals surface area contributed by atoms with E-state index in [0.29, 0.717) is 0 Å². The van der Waals surface area contributed by atoms with Gasteiger partial charge in [0.15, 0.2) is 0 Å². The van der Waals surface area contributed by atoms with E-state index < -0.39 is 7.82 Å². The summed E-state index contributed by atoms with van der Waals surface area (Å²) in [7, 11) is -4.26. The summed E-state index contributed by atoms with van der Waals surface area (Å²) < 4.78 is 14.8. The van der Waals surface area contributed by atoms with Crippen LogP contribution in [0.25, 0.3) is 0 Å². The summed E-state index contributed by atoms with van der Waals surface area (Å²) in [5.74, 6) is 0.271. The van der Waals surface area contributed by atoms with E-state index in [0.717, 1.165) is 25.7 Å². The molecule has 0 aliphatic rings. The second-order valence-corrected chi connectivity index (χ2v) is 4.44.